The van der Waals surface area contributed by atoms with E-state index in [-0.39, 0.29) is 0 Å². The lowest BCUT2D eigenvalue weighted by Crippen LogP contribution is -1.88. The van der Waals surface area contributed by atoms with E-state index in [2.05, 4.69) is 43.1 Å². The van der Waals surface area contributed by atoms with E-state index in [1.807, 2.05) is 13.1 Å². The topological polar surface area (TPSA) is 12.4 Å². The zero-order chi connectivity index (χ0) is 9.68. The lowest BCUT2D eigenvalue weighted by molar-refractivity contribution is 0.866. The molecule has 0 aliphatic heterocycles. The quantitative estimate of drug-likeness (QED) is 0.625. The fraction of sp³-hybridized carbons (Fsp3) is 0.417. The summed E-state index contributed by atoms with van der Waals surface area (Å²) in [4.78, 5) is 4.19. The van der Waals surface area contributed by atoms with Gasteiger partial charge in [-0.3, -0.25) is 4.99 Å². The van der Waals surface area contributed by atoms with Crippen molar-refractivity contribution in [3.05, 3.63) is 35.4 Å². The molecule has 0 aliphatic rings. The summed E-state index contributed by atoms with van der Waals surface area (Å²) in [6.07, 6.45) is 1.92. The minimum absolute atomic E-state index is 0.608. The second kappa shape index (κ2) is 4.80. The van der Waals surface area contributed by atoms with Crippen molar-refractivity contribution >= 4 is 6.21 Å². The summed E-state index contributed by atoms with van der Waals surface area (Å²) in [7, 11) is 0. The van der Waals surface area contributed by atoms with Crippen LogP contribution in [0.25, 0.3) is 0 Å². The zero-order valence-electron chi connectivity index (χ0n) is 8.62. The van der Waals surface area contributed by atoms with Crippen LogP contribution in [0, 0.1) is 0 Å². The smallest absolute Gasteiger partial charge is 0.0361 e. The van der Waals surface area contributed by atoms with Crippen LogP contribution in [0.4, 0.5) is 0 Å². The highest BCUT2D eigenvalue weighted by Crippen LogP contribution is 2.13. The Hall–Kier alpha value is -1.11. The maximum atomic E-state index is 4.19. The third kappa shape index (κ3) is 3.02. The Kier molecular flexibility index (Phi) is 3.69. The van der Waals surface area contributed by atoms with Crippen LogP contribution < -0.4 is 0 Å². The summed E-state index contributed by atoms with van der Waals surface area (Å²) >= 11 is 0. The van der Waals surface area contributed by atoms with Gasteiger partial charge in [0.1, 0.15) is 0 Å². The van der Waals surface area contributed by atoms with Gasteiger partial charge in [0.05, 0.1) is 0 Å². The van der Waals surface area contributed by atoms with E-state index < -0.39 is 0 Å². The van der Waals surface area contributed by atoms with Crippen LogP contribution in [-0.2, 0) is 0 Å². The summed E-state index contributed by atoms with van der Waals surface area (Å²) in [5.74, 6) is 0.608. The molecule has 1 nitrogen and oxygen atoms in total. The van der Waals surface area contributed by atoms with Gasteiger partial charge in [-0.05, 0) is 24.0 Å². The molecule has 1 rings (SSSR count). The first kappa shape index (κ1) is 9.97. The molecular formula is C12H17N. The first-order chi connectivity index (χ1) is 6.24. The predicted molar refractivity (Wildman–Crippen MR) is 58.7 cm³/mol. The Morgan fingerprint density at radius 3 is 2.31 bits per heavy atom. The Morgan fingerprint density at radius 2 is 1.85 bits per heavy atom. The number of hydrogen-bond donors (Lipinski definition) is 0. The average Bonchev–Trinajstić information content (AvgIpc) is 2.15. The van der Waals surface area contributed by atoms with Crippen LogP contribution >= 0.6 is 0 Å². The molecule has 0 amide bonds. The standard InChI is InChI=1S/C12H17N/c1-4-13-9-11-5-7-12(8-6-11)10(2)3/h5-10H,4H2,1-3H3. The van der Waals surface area contributed by atoms with Gasteiger partial charge in [-0.25, -0.2) is 0 Å². The summed E-state index contributed by atoms with van der Waals surface area (Å²) in [5.41, 5.74) is 2.57. The normalized spacial score (nSPS) is 11.4. The number of aliphatic imine (C=N–C) groups is 1. The molecule has 70 valence electrons. The van der Waals surface area contributed by atoms with E-state index in [9.17, 15) is 0 Å². The maximum absolute atomic E-state index is 4.19. The highest BCUT2D eigenvalue weighted by Gasteiger charge is 1.96. The van der Waals surface area contributed by atoms with Crippen molar-refractivity contribution in [2.75, 3.05) is 6.54 Å². The molecular weight excluding hydrogens is 158 g/mol. The lowest BCUT2D eigenvalue weighted by Gasteiger charge is -2.04. The van der Waals surface area contributed by atoms with Crippen molar-refractivity contribution in [2.24, 2.45) is 4.99 Å². The Balaban J connectivity index is 2.75. The van der Waals surface area contributed by atoms with Gasteiger partial charge in [0, 0.05) is 12.8 Å². The van der Waals surface area contributed by atoms with Crippen LogP contribution in [0.15, 0.2) is 29.3 Å². The van der Waals surface area contributed by atoms with E-state index >= 15 is 0 Å². The molecule has 0 radical (unpaired) electrons. The summed E-state index contributed by atoms with van der Waals surface area (Å²) in [6, 6.07) is 8.58. The molecule has 0 N–H and O–H groups in total. The molecule has 0 heterocycles. The van der Waals surface area contributed by atoms with Crippen LogP contribution in [-0.4, -0.2) is 12.8 Å². The highest BCUT2D eigenvalue weighted by atomic mass is 14.7. The molecule has 0 saturated heterocycles. The van der Waals surface area contributed by atoms with E-state index in [0.717, 1.165) is 6.54 Å². The molecule has 0 bridgehead atoms. The largest absolute Gasteiger partial charge is 0.293 e. The first-order valence-corrected chi connectivity index (χ1v) is 4.83. The molecule has 0 spiro atoms. The van der Waals surface area contributed by atoms with Gasteiger partial charge >= 0.3 is 0 Å². The minimum atomic E-state index is 0.608. The molecule has 0 unspecified atom stereocenters. The van der Waals surface area contributed by atoms with Crippen molar-refractivity contribution in [1.82, 2.24) is 0 Å². The fourth-order valence-corrected chi connectivity index (χ4v) is 1.16. The van der Waals surface area contributed by atoms with Crippen molar-refractivity contribution in [1.29, 1.82) is 0 Å². The maximum Gasteiger partial charge on any atom is 0.0361 e. The van der Waals surface area contributed by atoms with Crippen LogP contribution in [0.2, 0.25) is 0 Å². The minimum Gasteiger partial charge on any atom is -0.293 e. The van der Waals surface area contributed by atoms with Crippen molar-refractivity contribution in [2.45, 2.75) is 26.7 Å². The molecule has 0 aromatic heterocycles. The molecule has 0 fully saturated rings. The molecule has 13 heavy (non-hydrogen) atoms. The van der Waals surface area contributed by atoms with Gasteiger partial charge < -0.3 is 0 Å². The van der Waals surface area contributed by atoms with Crippen molar-refractivity contribution in [3.8, 4) is 0 Å². The van der Waals surface area contributed by atoms with Crippen LogP contribution in [0.5, 0.6) is 0 Å². The molecule has 0 aliphatic carbocycles. The second-order valence-electron chi connectivity index (χ2n) is 3.45. The second-order valence-corrected chi connectivity index (χ2v) is 3.45. The monoisotopic (exact) mass is 175 g/mol. The molecule has 1 aromatic carbocycles. The Morgan fingerprint density at radius 1 is 1.23 bits per heavy atom. The van der Waals surface area contributed by atoms with Gasteiger partial charge in [0.2, 0.25) is 0 Å². The number of hydrogen-bond acceptors (Lipinski definition) is 1. The van der Waals surface area contributed by atoms with Gasteiger partial charge in [-0.15, -0.1) is 0 Å². The zero-order valence-corrected chi connectivity index (χ0v) is 8.62. The van der Waals surface area contributed by atoms with Gasteiger partial charge in [0.25, 0.3) is 0 Å². The van der Waals surface area contributed by atoms with Gasteiger partial charge in [-0.2, -0.15) is 0 Å². The molecule has 0 atom stereocenters. The third-order valence-electron chi connectivity index (χ3n) is 2.03. The van der Waals surface area contributed by atoms with Crippen molar-refractivity contribution < 1.29 is 0 Å². The lowest BCUT2D eigenvalue weighted by atomic mass is 10.0. The third-order valence-corrected chi connectivity index (χ3v) is 2.03. The number of benzene rings is 1. The highest BCUT2D eigenvalue weighted by molar-refractivity contribution is 5.79. The molecule has 1 heteroatoms. The number of rotatable bonds is 3. The summed E-state index contributed by atoms with van der Waals surface area (Å²) in [6.45, 7) is 7.30. The summed E-state index contributed by atoms with van der Waals surface area (Å²) in [5, 5.41) is 0. The number of nitrogens with zero attached hydrogens (tertiary/aromatic N) is 1. The van der Waals surface area contributed by atoms with Crippen LogP contribution in [0.3, 0.4) is 0 Å². The van der Waals surface area contributed by atoms with E-state index in [4.69, 9.17) is 0 Å². The van der Waals surface area contributed by atoms with Gasteiger partial charge in [0.15, 0.2) is 0 Å². The van der Waals surface area contributed by atoms with Crippen LogP contribution in [0.1, 0.15) is 37.8 Å². The summed E-state index contributed by atoms with van der Waals surface area (Å²) < 4.78 is 0. The Bertz CT molecular complexity index is 270. The average molecular weight is 175 g/mol. The van der Waals surface area contributed by atoms with E-state index in [1.54, 1.807) is 0 Å². The SMILES string of the molecule is CCN=Cc1ccc(C(C)C)cc1. The Labute approximate surface area is 80.5 Å². The molecule has 1 aromatic rings. The van der Waals surface area contributed by atoms with E-state index in [0.29, 0.717) is 5.92 Å². The van der Waals surface area contributed by atoms with E-state index in [1.165, 1.54) is 11.1 Å². The fourth-order valence-electron chi connectivity index (χ4n) is 1.16. The predicted octanol–water partition coefficient (Wildman–Crippen LogP) is 3.25. The van der Waals surface area contributed by atoms with Gasteiger partial charge in [-0.1, -0.05) is 38.1 Å². The first-order valence-electron chi connectivity index (χ1n) is 4.83. The molecule has 0 saturated carbocycles. The van der Waals surface area contributed by atoms with Crippen molar-refractivity contribution in [3.63, 3.8) is 0 Å².